The molecule has 0 saturated carbocycles. The van der Waals surface area contributed by atoms with Crippen molar-refractivity contribution in [2.24, 2.45) is 0 Å². The quantitative estimate of drug-likeness (QED) is 0.786. The second kappa shape index (κ2) is 4.77. The van der Waals surface area contributed by atoms with Gasteiger partial charge >= 0.3 is 0 Å². The molecule has 0 fully saturated rings. The SMILES string of the molecule is [CH2]CN(C(C)C)S(=O)(=O)c1ccccc1. The molecule has 0 heterocycles. The minimum atomic E-state index is -3.38. The van der Waals surface area contributed by atoms with E-state index >= 15 is 0 Å². The van der Waals surface area contributed by atoms with E-state index < -0.39 is 10.0 Å². The van der Waals surface area contributed by atoms with Gasteiger partial charge in [-0.25, -0.2) is 8.42 Å². The highest BCUT2D eigenvalue weighted by Gasteiger charge is 2.24. The third-order valence-electron chi connectivity index (χ3n) is 2.15. The summed E-state index contributed by atoms with van der Waals surface area (Å²) in [4.78, 5) is 0.322. The van der Waals surface area contributed by atoms with E-state index in [-0.39, 0.29) is 12.6 Å². The Labute approximate surface area is 91.8 Å². The van der Waals surface area contributed by atoms with E-state index in [9.17, 15) is 8.42 Å². The van der Waals surface area contributed by atoms with Gasteiger partial charge in [-0.05, 0) is 32.9 Å². The lowest BCUT2D eigenvalue weighted by Gasteiger charge is -2.24. The average Bonchev–Trinajstić information content (AvgIpc) is 2.19. The van der Waals surface area contributed by atoms with Crippen molar-refractivity contribution >= 4 is 10.0 Å². The predicted octanol–water partition coefficient (Wildman–Crippen LogP) is 1.92. The number of sulfonamides is 1. The molecule has 0 aromatic heterocycles. The monoisotopic (exact) mass is 226 g/mol. The normalized spacial score (nSPS) is 12.3. The Morgan fingerprint density at radius 3 is 2.20 bits per heavy atom. The summed E-state index contributed by atoms with van der Waals surface area (Å²) < 4.78 is 25.6. The van der Waals surface area contributed by atoms with Crippen LogP contribution in [0.3, 0.4) is 0 Å². The predicted molar refractivity (Wildman–Crippen MR) is 60.8 cm³/mol. The fourth-order valence-corrected chi connectivity index (χ4v) is 2.95. The van der Waals surface area contributed by atoms with Gasteiger partial charge in [-0.2, -0.15) is 4.31 Å². The van der Waals surface area contributed by atoms with E-state index in [2.05, 4.69) is 6.92 Å². The molecule has 1 aromatic rings. The van der Waals surface area contributed by atoms with Crippen LogP contribution in [0.25, 0.3) is 0 Å². The van der Waals surface area contributed by atoms with Crippen molar-refractivity contribution in [1.82, 2.24) is 4.31 Å². The van der Waals surface area contributed by atoms with Crippen LogP contribution in [0.2, 0.25) is 0 Å². The molecule has 15 heavy (non-hydrogen) atoms. The molecule has 83 valence electrons. The maximum Gasteiger partial charge on any atom is 0.243 e. The van der Waals surface area contributed by atoms with Gasteiger partial charge in [0, 0.05) is 12.6 Å². The molecule has 0 bridgehead atoms. The highest BCUT2D eigenvalue weighted by atomic mass is 32.2. The van der Waals surface area contributed by atoms with Crippen LogP contribution in [0.5, 0.6) is 0 Å². The van der Waals surface area contributed by atoms with Gasteiger partial charge in [0.1, 0.15) is 0 Å². The summed E-state index contributed by atoms with van der Waals surface area (Å²) in [5.74, 6) is 0. The van der Waals surface area contributed by atoms with Crippen LogP contribution >= 0.6 is 0 Å². The summed E-state index contributed by atoms with van der Waals surface area (Å²) in [6.45, 7) is 7.57. The molecular weight excluding hydrogens is 210 g/mol. The first-order chi connectivity index (χ1) is 7.00. The molecule has 1 rings (SSSR count). The fourth-order valence-electron chi connectivity index (χ4n) is 1.38. The summed E-state index contributed by atoms with van der Waals surface area (Å²) in [5.41, 5.74) is 0. The smallest absolute Gasteiger partial charge is 0.207 e. The van der Waals surface area contributed by atoms with Crippen molar-refractivity contribution in [1.29, 1.82) is 0 Å². The molecular formula is C11H16NO2S. The van der Waals surface area contributed by atoms with Crippen molar-refractivity contribution in [3.8, 4) is 0 Å². The Morgan fingerprint density at radius 2 is 1.80 bits per heavy atom. The lowest BCUT2D eigenvalue weighted by molar-refractivity contribution is 0.381. The van der Waals surface area contributed by atoms with E-state index in [4.69, 9.17) is 0 Å². The topological polar surface area (TPSA) is 37.4 Å². The van der Waals surface area contributed by atoms with E-state index in [1.807, 2.05) is 13.8 Å². The molecule has 0 saturated heterocycles. The average molecular weight is 226 g/mol. The van der Waals surface area contributed by atoms with E-state index in [1.165, 1.54) is 4.31 Å². The number of hydrogen-bond acceptors (Lipinski definition) is 2. The first-order valence-electron chi connectivity index (χ1n) is 4.86. The van der Waals surface area contributed by atoms with Gasteiger partial charge in [0.15, 0.2) is 0 Å². The maximum atomic E-state index is 12.1. The number of benzene rings is 1. The van der Waals surface area contributed by atoms with Crippen LogP contribution in [-0.2, 0) is 10.0 Å². The van der Waals surface area contributed by atoms with Gasteiger partial charge in [0.05, 0.1) is 4.90 Å². The molecule has 3 nitrogen and oxygen atoms in total. The van der Waals surface area contributed by atoms with Crippen LogP contribution in [-0.4, -0.2) is 25.3 Å². The van der Waals surface area contributed by atoms with Crippen LogP contribution in [0, 0.1) is 6.92 Å². The zero-order valence-corrected chi connectivity index (χ0v) is 9.87. The second-order valence-electron chi connectivity index (χ2n) is 3.52. The molecule has 0 unspecified atom stereocenters. The van der Waals surface area contributed by atoms with E-state index in [1.54, 1.807) is 30.3 Å². The highest BCUT2D eigenvalue weighted by molar-refractivity contribution is 7.89. The third kappa shape index (κ3) is 2.58. The van der Waals surface area contributed by atoms with Gasteiger partial charge in [0.25, 0.3) is 0 Å². The Morgan fingerprint density at radius 1 is 1.27 bits per heavy atom. The number of nitrogens with zero attached hydrogens (tertiary/aromatic N) is 1. The molecule has 0 aliphatic heterocycles. The summed E-state index contributed by atoms with van der Waals surface area (Å²) >= 11 is 0. The molecule has 0 amide bonds. The van der Waals surface area contributed by atoms with Gasteiger partial charge in [0.2, 0.25) is 10.0 Å². The highest BCUT2D eigenvalue weighted by Crippen LogP contribution is 2.16. The number of rotatable bonds is 4. The Hall–Kier alpha value is -0.870. The van der Waals surface area contributed by atoms with Gasteiger partial charge < -0.3 is 0 Å². The van der Waals surface area contributed by atoms with Gasteiger partial charge in [-0.3, -0.25) is 0 Å². The van der Waals surface area contributed by atoms with E-state index in [0.717, 1.165) is 0 Å². The standard InChI is InChI=1S/C11H16NO2S/c1-4-12(10(2)3)15(13,14)11-8-6-5-7-9-11/h5-10H,1,4H2,2-3H3. The van der Waals surface area contributed by atoms with Gasteiger partial charge in [-0.1, -0.05) is 18.2 Å². The molecule has 1 aromatic carbocycles. The zero-order valence-electron chi connectivity index (χ0n) is 9.05. The lowest BCUT2D eigenvalue weighted by Crippen LogP contribution is -2.36. The van der Waals surface area contributed by atoms with Crippen LogP contribution in [0.1, 0.15) is 13.8 Å². The minimum Gasteiger partial charge on any atom is -0.207 e. The summed E-state index contributed by atoms with van der Waals surface area (Å²) in [6.07, 6.45) is 0. The van der Waals surface area contributed by atoms with Crippen LogP contribution in [0.15, 0.2) is 35.2 Å². The summed E-state index contributed by atoms with van der Waals surface area (Å²) in [7, 11) is -3.38. The van der Waals surface area contributed by atoms with Crippen molar-refractivity contribution in [2.75, 3.05) is 6.54 Å². The van der Waals surface area contributed by atoms with E-state index in [0.29, 0.717) is 4.90 Å². The zero-order chi connectivity index (χ0) is 11.5. The molecule has 0 aliphatic carbocycles. The Balaban J connectivity index is 3.13. The van der Waals surface area contributed by atoms with Crippen LogP contribution < -0.4 is 0 Å². The molecule has 0 atom stereocenters. The molecule has 4 heteroatoms. The molecule has 0 N–H and O–H groups in total. The van der Waals surface area contributed by atoms with Crippen LogP contribution in [0.4, 0.5) is 0 Å². The van der Waals surface area contributed by atoms with Crippen molar-refractivity contribution < 1.29 is 8.42 Å². The Bertz CT molecular complexity index is 398. The fraction of sp³-hybridized carbons (Fsp3) is 0.364. The van der Waals surface area contributed by atoms with Crippen molar-refractivity contribution in [2.45, 2.75) is 24.8 Å². The minimum absolute atomic E-state index is 0.0762. The summed E-state index contributed by atoms with van der Waals surface area (Å²) in [5, 5.41) is 0. The Kier molecular flexibility index (Phi) is 3.88. The third-order valence-corrected chi connectivity index (χ3v) is 4.24. The maximum absolute atomic E-state index is 12.1. The van der Waals surface area contributed by atoms with Crippen molar-refractivity contribution in [3.05, 3.63) is 37.3 Å². The largest absolute Gasteiger partial charge is 0.243 e. The first kappa shape index (κ1) is 12.2. The first-order valence-corrected chi connectivity index (χ1v) is 6.30. The van der Waals surface area contributed by atoms with Gasteiger partial charge in [-0.15, -0.1) is 0 Å². The van der Waals surface area contributed by atoms with Crippen molar-refractivity contribution in [3.63, 3.8) is 0 Å². The molecule has 1 radical (unpaired) electrons. The summed E-state index contributed by atoms with van der Waals surface area (Å²) in [6, 6.07) is 8.35. The number of hydrogen-bond donors (Lipinski definition) is 0. The molecule has 0 spiro atoms. The second-order valence-corrected chi connectivity index (χ2v) is 5.41. The molecule has 0 aliphatic rings. The lowest BCUT2D eigenvalue weighted by atomic mass is 10.4.